The van der Waals surface area contributed by atoms with Gasteiger partial charge in [0.15, 0.2) is 0 Å². The van der Waals surface area contributed by atoms with Crippen molar-refractivity contribution in [2.45, 2.75) is 12.1 Å². The SMILES string of the molecule is CN(CC(F)(F)F)C(=O)CN1C[C@@H](CN)[C@H](c2ccccc2)C1. The van der Waals surface area contributed by atoms with Crippen molar-refractivity contribution in [3.63, 3.8) is 0 Å². The number of halogens is 3. The smallest absolute Gasteiger partial charge is 0.336 e. The lowest BCUT2D eigenvalue weighted by Crippen LogP contribution is -2.42. The molecule has 128 valence electrons. The van der Waals surface area contributed by atoms with Gasteiger partial charge in [-0.3, -0.25) is 9.69 Å². The summed E-state index contributed by atoms with van der Waals surface area (Å²) in [5.41, 5.74) is 6.98. The highest BCUT2D eigenvalue weighted by Crippen LogP contribution is 2.31. The van der Waals surface area contributed by atoms with E-state index < -0.39 is 18.6 Å². The number of benzene rings is 1. The highest BCUT2D eigenvalue weighted by atomic mass is 19.4. The molecule has 0 aliphatic carbocycles. The molecule has 1 saturated heterocycles. The topological polar surface area (TPSA) is 49.6 Å². The zero-order valence-corrected chi connectivity index (χ0v) is 13.1. The van der Waals surface area contributed by atoms with E-state index in [1.165, 1.54) is 7.05 Å². The largest absolute Gasteiger partial charge is 0.406 e. The Morgan fingerprint density at radius 2 is 1.96 bits per heavy atom. The van der Waals surface area contributed by atoms with Crippen LogP contribution in [0.5, 0.6) is 0 Å². The number of carbonyl (C=O) groups is 1. The summed E-state index contributed by atoms with van der Waals surface area (Å²) in [5.74, 6) is -0.105. The lowest BCUT2D eigenvalue weighted by molar-refractivity contribution is -0.158. The lowest BCUT2D eigenvalue weighted by Gasteiger charge is -2.22. The van der Waals surface area contributed by atoms with Crippen LogP contribution in [0.15, 0.2) is 30.3 Å². The molecule has 0 radical (unpaired) electrons. The molecule has 0 spiro atoms. The Morgan fingerprint density at radius 1 is 1.30 bits per heavy atom. The lowest BCUT2D eigenvalue weighted by atomic mass is 9.89. The summed E-state index contributed by atoms with van der Waals surface area (Å²) in [6.45, 7) is 0.524. The fourth-order valence-electron chi connectivity index (χ4n) is 3.08. The summed E-state index contributed by atoms with van der Waals surface area (Å²) < 4.78 is 37.1. The van der Waals surface area contributed by atoms with E-state index in [9.17, 15) is 18.0 Å². The van der Waals surface area contributed by atoms with Crippen molar-refractivity contribution in [1.82, 2.24) is 9.80 Å². The van der Waals surface area contributed by atoms with Gasteiger partial charge in [-0.05, 0) is 18.0 Å². The number of nitrogens with two attached hydrogens (primary N) is 1. The first-order valence-corrected chi connectivity index (χ1v) is 7.58. The van der Waals surface area contributed by atoms with Crippen molar-refractivity contribution in [3.05, 3.63) is 35.9 Å². The van der Waals surface area contributed by atoms with Gasteiger partial charge in [-0.25, -0.2) is 0 Å². The summed E-state index contributed by atoms with van der Waals surface area (Å²) in [4.78, 5) is 14.6. The number of alkyl halides is 3. The monoisotopic (exact) mass is 329 g/mol. The van der Waals surface area contributed by atoms with Crippen LogP contribution in [0, 0.1) is 5.92 Å². The molecule has 1 aromatic rings. The van der Waals surface area contributed by atoms with Crippen LogP contribution in [0.2, 0.25) is 0 Å². The molecular formula is C16H22F3N3O. The Kier molecular flexibility index (Phi) is 5.64. The molecule has 2 N–H and O–H groups in total. The van der Waals surface area contributed by atoms with E-state index in [2.05, 4.69) is 0 Å². The van der Waals surface area contributed by atoms with Crippen molar-refractivity contribution < 1.29 is 18.0 Å². The van der Waals surface area contributed by atoms with Crippen molar-refractivity contribution >= 4 is 5.91 Å². The van der Waals surface area contributed by atoms with Crippen LogP contribution >= 0.6 is 0 Å². The van der Waals surface area contributed by atoms with Gasteiger partial charge in [-0.2, -0.15) is 13.2 Å². The van der Waals surface area contributed by atoms with E-state index in [4.69, 9.17) is 5.73 Å². The summed E-state index contributed by atoms with van der Waals surface area (Å²) in [5, 5.41) is 0. The summed E-state index contributed by atoms with van der Waals surface area (Å²) in [7, 11) is 1.18. The average molecular weight is 329 g/mol. The Balaban J connectivity index is 1.96. The van der Waals surface area contributed by atoms with Crippen LogP contribution in [0.4, 0.5) is 13.2 Å². The second kappa shape index (κ2) is 7.31. The van der Waals surface area contributed by atoms with E-state index in [1.807, 2.05) is 35.2 Å². The highest BCUT2D eigenvalue weighted by Gasteiger charge is 2.35. The van der Waals surface area contributed by atoms with Crippen LogP contribution < -0.4 is 5.73 Å². The molecule has 0 aromatic heterocycles. The van der Waals surface area contributed by atoms with Crippen molar-refractivity contribution in [2.75, 3.05) is 39.8 Å². The van der Waals surface area contributed by atoms with Crippen LogP contribution in [0.1, 0.15) is 11.5 Å². The number of hydrogen-bond acceptors (Lipinski definition) is 3. The van der Waals surface area contributed by atoms with Gasteiger partial charge < -0.3 is 10.6 Å². The van der Waals surface area contributed by atoms with Gasteiger partial charge in [0.25, 0.3) is 0 Å². The second-order valence-electron chi connectivity index (χ2n) is 6.07. The zero-order chi connectivity index (χ0) is 17.0. The number of hydrogen-bond donors (Lipinski definition) is 1. The molecule has 1 aliphatic rings. The van der Waals surface area contributed by atoms with Crippen LogP contribution in [0.25, 0.3) is 0 Å². The summed E-state index contributed by atoms with van der Waals surface area (Å²) in [6.07, 6.45) is -4.37. The van der Waals surface area contributed by atoms with Crippen LogP contribution in [-0.2, 0) is 4.79 Å². The molecule has 4 nitrogen and oxygen atoms in total. The number of amides is 1. The van der Waals surface area contributed by atoms with Crippen LogP contribution in [0.3, 0.4) is 0 Å². The molecule has 23 heavy (non-hydrogen) atoms. The highest BCUT2D eigenvalue weighted by molar-refractivity contribution is 5.78. The molecule has 2 atom stereocenters. The Hall–Kier alpha value is -1.60. The van der Waals surface area contributed by atoms with Crippen LogP contribution in [-0.4, -0.2) is 61.7 Å². The normalized spacial score (nSPS) is 22.3. The fourth-order valence-corrected chi connectivity index (χ4v) is 3.08. The van der Waals surface area contributed by atoms with Crippen molar-refractivity contribution in [1.29, 1.82) is 0 Å². The van der Waals surface area contributed by atoms with E-state index in [1.54, 1.807) is 0 Å². The minimum absolute atomic E-state index is 0.00753. The maximum atomic E-state index is 12.4. The first-order valence-electron chi connectivity index (χ1n) is 7.58. The average Bonchev–Trinajstić information content (AvgIpc) is 2.89. The molecular weight excluding hydrogens is 307 g/mol. The first-order chi connectivity index (χ1) is 10.8. The molecule has 1 fully saturated rings. The predicted octanol–water partition coefficient (Wildman–Crippen LogP) is 1.68. The van der Waals surface area contributed by atoms with Gasteiger partial charge in [-0.1, -0.05) is 30.3 Å². The Labute approximate surface area is 134 Å². The number of carbonyl (C=O) groups excluding carboxylic acids is 1. The van der Waals surface area contributed by atoms with Gasteiger partial charge in [0.05, 0.1) is 6.54 Å². The Bertz CT molecular complexity index is 521. The number of nitrogens with zero attached hydrogens (tertiary/aromatic N) is 2. The van der Waals surface area contributed by atoms with E-state index in [0.29, 0.717) is 19.6 Å². The van der Waals surface area contributed by atoms with E-state index in [0.717, 1.165) is 10.5 Å². The minimum atomic E-state index is -4.37. The molecule has 1 aliphatic heterocycles. The Morgan fingerprint density at radius 3 is 2.52 bits per heavy atom. The molecule has 1 amide bonds. The van der Waals surface area contributed by atoms with Crippen molar-refractivity contribution in [2.24, 2.45) is 11.7 Å². The number of likely N-dealkylation sites (tertiary alicyclic amines) is 1. The van der Waals surface area contributed by atoms with Gasteiger partial charge in [-0.15, -0.1) is 0 Å². The predicted molar refractivity (Wildman–Crippen MR) is 81.9 cm³/mol. The fraction of sp³-hybridized carbons (Fsp3) is 0.562. The molecule has 1 heterocycles. The maximum Gasteiger partial charge on any atom is 0.406 e. The van der Waals surface area contributed by atoms with E-state index in [-0.39, 0.29) is 18.4 Å². The molecule has 2 rings (SSSR count). The van der Waals surface area contributed by atoms with E-state index >= 15 is 0 Å². The molecule has 7 heteroatoms. The van der Waals surface area contributed by atoms with Gasteiger partial charge in [0, 0.05) is 26.1 Å². The minimum Gasteiger partial charge on any atom is -0.336 e. The molecule has 0 bridgehead atoms. The summed E-state index contributed by atoms with van der Waals surface area (Å²) in [6, 6.07) is 9.88. The molecule has 0 unspecified atom stereocenters. The third-order valence-corrected chi connectivity index (χ3v) is 4.25. The first kappa shape index (κ1) is 17.7. The third kappa shape index (κ3) is 4.94. The van der Waals surface area contributed by atoms with Crippen molar-refractivity contribution in [3.8, 4) is 0 Å². The maximum absolute atomic E-state index is 12.4. The standard InChI is InChI=1S/C16H22F3N3O/c1-21(11-16(17,18)19)15(23)10-22-8-13(7-20)14(9-22)12-5-3-2-4-6-12/h2-6,13-14H,7-11,20H2,1H3/t13-,14+/m1/s1. The zero-order valence-electron chi connectivity index (χ0n) is 13.1. The second-order valence-corrected chi connectivity index (χ2v) is 6.07. The number of likely N-dealkylation sites (N-methyl/N-ethyl adjacent to an activating group) is 1. The molecule has 1 aromatic carbocycles. The van der Waals surface area contributed by atoms with Gasteiger partial charge in [0.2, 0.25) is 5.91 Å². The molecule has 0 saturated carbocycles. The number of rotatable bonds is 5. The quantitative estimate of drug-likeness (QED) is 0.894. The summed E-state index contributed by atoms with van der Waals surface area (Å²) >= 11 is 0. The van der Waals surface area contributed by atoms with Gasteiger partial charge >= 0.3 is 6.18 Å². The third-order valence-electron chi connectivity index (χ3n) is 4.25. The van der Waals surface area contributed by atoms with Gasteiger partial charge in [0.1, 0.15) is 6.54 Å².